The summed E-state index contributed by atoms with van der Waals surface area (Å²) in [6, 6.07) is 1.98. The molecule has 0 radical (unpaired) electrons. The number of rotatable bonds is 5. The molecule has 1 saturated carbocycles. The molecular formula is C16H27N3O. The van der Waals surface area contributed by atoms with Crippen LogP contribution in [0.5, 0.6) is 0 Å². The van der Waals surface area contributed by atoms with E-state index >= 15 is 0 Å². The molecule has 0 aliphatic heterocycles. The predicted molar refractivity (Wildman–Crippen MR) is 81.8 cm³/mol. The van der Waals surface area contributed by atoms with Crippen molar-refractivity contribution >= 4 is 5.82 Å². The second-order valence-electron chi connectivity index (χ2n) is 6.07. The number of nitrogens with one attached hydrogen (secondary N) is 1. The van der Waals surface area contributed by atoms with Gasteiger partial charge in [-0.1, -0.05) is 20.3 Å². The minimum absolute atomic E-state index is 0.573. The van der Waals surface area contributed by atoms with E-state index in [9.17, 15) is 5.11 Å². The van der Waals surface area contributed by atoms with Gasteiger partial charge in [-0.05, 0) is 44.9 Å². The van der Waals surface area contributed by atoms with E-state index in [1.807, 2.05) is 13.0 Å². The molecule has 0 aromatic carbocycles. The molecule has 1 aliphatic carbocycles. The van der Waals surface area contributed by atoms with Gasteiger partial charge in [-0.3, -0.25) is 0 Å². The van der Waals surface area contributed by atoms with Crippen LogP contribution in [0.3, 0.4) is 0 Å². The van der Waals surface area contributed by atoms with E-state index in [2.05, 4.69) is 29.1 Å². The van der Waals surface area contributed by atoms with Crippen molar-refractivity contribution in [3.8, 4) is 0 Å². The topological polar surface area (TPSA) is 58.0 Å². The molecule has 1 aromatic rings. The highest BCUT2D eigenvalue weighted by atomic mass is 16.3. The SMILES string of the molecule is CCc1cc(NCC2(O)CCC(CC)CC2)nc(C)n1. The Kier molecular flexibility index (Phi) is 4.97. The van der Waals surface area contributed by atoms with Crippen molar-refractivity contribution in [2.24, 2.45) is 5.92 Å². The quantitative estimate of drug-likeness (QED) is 0.868. The van der Waals surface area contributed by atoms with Gasteiger partial charge in [0.2, 0.25) is 0 Å². The zero-order valence-corrected chi connectivity index (χ0v) is 12.9. The molecule has 20 heavy (non-hydrogen) atoms. The molecule has 0 bridgehead atoms. The molecule has 1 heterocycles. The highest BCUT2D eigenvalue weighted by Gasteiger charge is 2.32. The monoisotopic (exact) mass is 277 g/mol. The largest absolute Gasteiger partial charge is 0.388 e. The van der Waals surface area contributed by atoms with Crippen molar-refractivity contribution in [2.45, 2.75) is 64.9 Å². The standard InChI is InChI=1S/C16H27N3O/c1-4-13-6-8-16(20,9-7-13)11-17-15-10-14(5-2)18-12(3)19-15/h10,13,20H,4-9,11H2,1-3H3,(H,17,18,19). The number of aromatic nitrogens is 2. The first-order chi connectivity index (χ1) is 9.54. The van der Waals surface area contributed by atoms with E-state index in [1.165, 1.54) is 6.42 Å². The summed E-state index contributed by atoms with van der Waals surface area (Å²) in [4.78, 5) is 8.77. The molecule has 1 aromatic heterocycles. The molecule has 0 amide bonds. The van der Waals surface area contributed by atoms with Crippen molar-refractivity contribution in [3.05, 3.63) is 17.6 Å². The Bertz CT molecular complexity index is 439. The minimum atomic E-state index is -0.573. The highest BCUT2D eigenvalue weighted by molar-refractivity contribution is 5.36. The van der Waals surface area contributed by atoms with Gasteiger partial charge in [0.25, 0.3) is 0 Å². The summed E-state index contributed by atoms with van der Waals surface area (Å²) in [7, 11) is 0. The first-order valence-corrected chi connectivity index (χ1v) is 7.85. The lowest BCUT2D eigenvalue weighted by atomic mass is 9.78. The fourth-order valence-electron chi connectivity index (χ4n) is 2.96. The second kappa shape index (κ2) is 6.53. The second-order valence-corrected chi connectivity index (χ2v) is 6.07. The maximum absolute atomic E-state index is 10.6. The van der Waals surface area contributed by atoms with E-state index in [0.29, 0.717) is 6.54 Å². The maximum Gasteiger partial charge on any atom is 0.130 e. The van der Waals surface area contributed by atoms with Crippen LogP contribution in [0, 0.1) is 12.8 Å². The van der Waals surface area contributed by atoms with Crippen molar-refractivity contribution in [3.63, 3.8) is 0 Å². The molecular weight excluding hydrogens is 250 g/mol. The zero-order valence-electron chi connectivity index (χ0n) is 12.9. The van der Waals surface area contributed by atoms with Gasteiger partial charge in [0.15, 0.2) is 0 Å². The Morgan fingerprint density at radius 3 is 2.60 bits per heavy atom. The van der Waals surface area contributed by atoms with E-state index in [4.69, 9.17) is 0 Å². The van der Waals surface area contributed by atoms with Crippen LogP contribution in [-0.4, -0.2) is 27.2 Å². The number of anilines is 1. The van der Waals surface area contributed by atoms with E-state index in [0.717, 1.165) is 55.4 Å². The fraction of sp³-hybridized carbons (Fsp3) is 0.750. The van der Waals surface area contributed by atoms with Gasteiger partial charge in [-0.25, -0.2) is 9.97 Å². The van der Waals surface area contributed by atoms with Gasteiger partial charge >= 0.3 is 0 Å². The Morgan fingerprint density at radius 1 is 1.30 bits per heavy atom. The van der Waals surface area contributed by atoms with Gasteiger partial charge in [-0.2, -0.15) is 0 Å². The van der Waals surface area contributed by atoms with Gasteiger partial charge < -0.3 is 10.4 Å². The predicted octanol–water partition coefficient (Wildman–Crippen LogP) is 3.09. The molecule has 112 valence electrons. The molecule has 0 saturated heterocycles. The van der Waals surface area contributed by atoms with Crippen LogP contribution in [0.2, 0.25) is 0 Å². The average molecular weight is 277 g/mol. The Morgan fingerprint density at radius 2 is 2.00 bits per heavy atom. The Labute approximate surface area is 122 Å². The van der Waals surface area contributed by atoms with Crippen LogP contribution in [0.15, 0.2) is 6.07 Å². The van der Waals surface area contributed by atoms with Crippen LogP contribution in [0.4, 0.5) is 5.82 Å². The van der Waals surface area contributed by atoms with Crippen molar-refractivity contribution in [1.82, 2.24) is 9.97 Å². The molecule has 2 rings (SSSR count). The lowest BCUT2D eigenvalue weighted by Gasteiger charge is -2.36. The Balaban J connectivity index is 1.93. The third-order valence-corrected chi connectivity index (χ3v) is 4.47. The van der Waals surface area contributed by atoms with Gasteiger partial charge in [0.1, 0.15) is 11.6 Å². The number of aryl methyl sites for hydroxylation is 2. The first-order valence-electron chi connectivity index (χ1n) is 7.85. The summed E-state index contributed by atoms with van der Waals surface area (Å²) in [6.45, 7) is 6.82. The lowest BCUT2D eigenvalue weighted by molar-refractivity contribution is 0.00222. The highest BCUT2D eigenvalue weighted by Crippen LogP contribution is 2.33. The van der Waals surface area contributed by atoms with Crippen LogP contribution < -0.4 is 5.32 Å². The molecule has 1 aliphatic rings. The molecule has 4 heteroatoms. The van der Waals surface area contributed by atoms with Gasteiger partial charge in [0, 0.05) is 18.3 Å². The average Bonchev–Trinajstić information content (AvgIpc) is 2.45. The molecule has 0 unspecified atom stereocenters. The van der Waals surface area contributed by atoms with Crippen molar-refractivity contribution < 1.29 is 5.11 Å². The summed E-state index contributed by atoms with van der Waals surface area (Å²) >= 11 is 0. The van der Waals surface area contributed by atoms with Crippen LogP contribution >= 0.6 is 0 Å². The van der Waals surface area contributed by atoms with Gasteiger partial charge in [0.05, 0.1) is 5.60 Å². The van der Waals surface area contributed by atoms with E-state index in [1.54, 1.807) is 0 Å². The Hall–Kier alpha value is -1.16. The minimum Gasteiger partial charge on any atom is -0.388 e. The van der Waals surface area contributed by atoms with Crippen LogP contribution in [0.1, 0.15) is 57.5 Å². The summed E-state index contributed by atoms with van der Waals surface area (Å²) < 4.78 is 0. The maximum atomic E-state index is 10.6. The van der Waals surface area contributed by atoms with E-state index in [-0.39, 0.29) is 0 Å². The summed E-state index contributed by atoms with van der Waals surface area (Å²) in [6.07, 6.45) is 6.19. The summed E-state index contributed by atoms with van der Waals surface area (Å²) in [5.41, 5.74) is 0.471. The number of hydrogen-bond acceptors (Lipinski definition) is 4. The van der Waals surface area contributed by atoms with Crippen molar-refractivity contribution in [1.29, 1.82) is 0 Å². The number of nitrogens with zero attached hydrogens (tertiary/aromatic N) is 2. The van der Waals surface area contributed by atoms with Crippen molar-refractivity contribution in [2.75, 3.05) is 11.9 Å². The van der Waals surface area contributed by atoms with Gasteiger partial charge in [-0.15, -0.1) is 0 Å². The molecule has 0 atom stereocenters. The van der Waals surface area contributed by atoms with E-state index < -0.39 is 5.60 Å². The summed E-state index contributed by atoms with van der Waals surface area (Å²) in [5, 5.41) is 13.9. The number of hydrogen-bond donors (Lipinski definition) is 2. The molecule has 1 fully saturated rings. The summed E-state index contributed by atoms with van der Waals surface area (Å²) in [5.74, 6) is 2.41. The third-order valence-electron chi connectivity index (χ3n) is 4.47. The zero-order chi connectivity index (χ0) is 14.6. The fourth-order valence-corrected chi connectivity index (χ4v) is 2.96. The van der Waals surface area contributed by atoms with Crippen LogP contribution in [-0.2, 0) is 6.42 Å². The van der Waals surface area contributed by atoms with Crippen LogP contribution in [0.25, 0.3) is 0 Å². The molecule has 4 nitrogen and oxygen atoms in total. The lowest BCUT2D eigenvalue weighted by Crippen LogP contribution is -2.40. The first kappa shape index (κ1) is 15.2. The normalized spacial score (nSPS) is 26.5. The number of aliphatic hydroxyl groups is 1. The smallest absolute Gasteiger partial charge is 0.130 e. The molecule has 0 spiro atoms. The third kappa shape index (κ3) is 3.92. The molecule has 2 N–H and O–H groups in total.